The van der Waals surface area contributed by atoms with E-state index in [9.17, 15) is 4.79 Å². The Morgan fingerprint density at radius 1 is 1.19 bits per heavy atom. The summed E-state index contributed by atoms with van der Waals surface area (Å²) in [5.74, 6) is 1.96. The number of amidine groups is 1. The molecule has 6 nitrogen and oxygen atoms in total. The number of hydrogen-bond donors (Lipinski definition) is 3. The number of benzene rings is 1. The minimum absolute atomic E-state index is 0.417. The molecule has 144 valence electrons. The molecule has 0 aliphatic carbocycles. The predicted molar refractivity (Wildman–Crippen MR) is 103 cm³/mol. The summed E-state index contributed by atoms with van der Waals surface area (Å²) in [5.41, 5.74) is 1.10. The molecule has 1 aromatic rings. The monoisotopic (exact) mass is 362 g/mol. The van der Waals surface area contributed by atoms with Crippen LogP contribution in [0.2, 0.25) is 0 Å². The molecule has 0 saturated carbocycles. The fourth-order valence-corrected chi connectivity index (χ4v) is 3.12. The van der Waals surface area contributed by atoms with Crippen LogP contribution in [0.25, 0.3) is 0 Å². The molecular weight excluding hydrogens is 330 g/mol. The van der Waals surface area contributed by atoms with Crippen LogP contribution in [0, 0.1) is 0 Å². The lowest BCUT2D eigenvalue weighted by Gasteiger charge is -2.08. The summed E-state index contributed by atoms with van der Waals surface area (Å²) in [7, 11) is 0. The van der Waals surface area contributed by atoms with Gasteiger partial charge in [0.25, 0.3) is 5.84 Å². The number of rotatable bonds is 12. The van der Waals surface area contributed by atoms with Crippen molar-refractivity contribution in [2.75, 3.05) is 32.8 Å². The van der Waals surface area contributed by atoms with Gasteiger partial charge in [0, 0.05) is 0 Å². The second-order valence-electron chi connectivity index (χ2n) is 6.63. The third kappa shape index (κ3) is 6.94. The van der Waals surface area contributed by atoms with Gasteiger partial charge in [-0.1, -0.05) is 39.0 Å². The first-order valence-corrected chi connectivity index (χ1v) is 9.76. The van der Waals surface area contributed by atoms with E-state index in [1.165, 1.54) is 32.1 Å². The summed E-state index contributed by atoms with van der Waals surface area (Å²) < 4.78 is 8.00. The van der Waals surface area contributed by atoms with Gasteiger partial charge in [-0.05, 0) is 30.7 Å². The van der Waals surface area contributed by atoms with Crippen molar-refractivity contribution in [1.82, 2.24) is 10.6 Å². The topological polar surface area (TPSA) is 73.6 Å². The van der Waals surface area contributed by atoms with Crippen molar-refractivity contribution in [2.24, 2.45) is 0 Å². The van der Waals surface area contributed by atoms with Crippen LogP contribution in [0.5, 0.6) is 5.75 Å². The third-order valence-corrected chi connectivity index (χ3v) is 4.54. The normalized spacial score (nSPS) is 13.6. The molecule has 1 amide bonds. The summed E-state index contributed by atoms with van der Waals surface area (Å²) >= 11 is 0. The molecular formula is C20H32N3O3+. The standard InChI is InChI=1S/C20H31N3O3/c1-2-3-4-5-6-7-16-26-18-10-8-17(9-11-18)19-21-12-14-23(19)15-13-22-20(24)25/h8-11,22H,2-7,12-16H2,1H3,(H,24,25)/p+1. The molecule has 1 aliphatic heterocycles. The number of hydrogen-bond acceptors (Lipinski definition) is 3. The molecule has 1 aromatic carbocycles. The molecule has 26 heavy (non-hydrogen) atoms. The first-order chi connectivity index (χ1) is 12.7. The maximum Gasteiger partial charge on any atom is 0.404 e. The summed E-state index contributed by atoms with van der Waals surface area (Å²) in [5, 5.41) is 14.5. The molecule has 6 heteroatoms. The molecule has 0 atom stereocenters. The van der Waals surface area contributed by atoms with Gasteiger partial charge >= 0.3 is 6.09 Å². The molecule has 0 bridgehead atoms. The van der Waals surface area contributed by atoms with Gasteiger partial charge in [0.05, 0.1) is 18.7 Å². The van der Waals surface area contributed by atoms with Crippen LogP contribution in [0.1, 0.15) is 51.0 Å². The van der Waals surface area contributed by atoms with Gasteiger partial charge in [0.15, 0.2) is 0 Å². The lowest BCUT2D eigenvalue weighted by molar-refractivity contribution is -0.515. The summed E-state index contributed by atoms with van der Waals surface area (Å²) in [6.45, 7) is 5.84. The van der Waals surface area contributed by atoms with E-state index in [4.69, 9.17) is 9.84 Å². The van der Waals surface area contributed by atoms with Crippen molar-refractivity contribution in [3.63, 3.8) is 0 Å². The van der Waals surface area contributed by atoms with E-state index >= 15 is 0 Å². The van der Waals surface area contributed by atoms with Crippen LogP contribution in [-0.4, -0.2) is 54.4 Å². The van der Waals surface area contributed by atoms with Crippen molar-refractivity contribution < 1.29 is 19.2 Å². The van der Waals surface area contributed by atoms with Crippen molar-refractivity contribution in [1.29, 1.82) is 0 Å². The van der Waals surface area contributed by atoms with E-state index in [-0.39, 0.29) is 0 Å². The summed E-state index contributed by atoms with van der Waals surface area (Å²) in [6.07, 6.45) is 6.60. The third-order valence-electron chi connectivity index (χ3n) is 4.54. The van der Waals surface area contributed by atoms with Gasteiger partial charge < -0.3 is 15.2 Å². The second-order valence-corrected chi connectivity index (χ2v) is 6.63. The predicted octanol–water partition coefficient (Wildman–Crippen LogP) is 3.06. The SMILES string of the molecule is CCCCCCCCOc1ccc(C2=[N+](CCNC(=O)O)CCN2)cc1. The number of unbranched alkanes of at least 4 members (excludes halogenated alkanes) is 5. The summed E-state index contributed by atoms with van der Waals surface area (Å²) in [4.78, 5) is 10.6. The number of nitrogens with one attached hydrogen (secondary N) is 2. The Morgan fingerprint density at radius 2 is 1.92 bits per heavy atom. The van der Waals surface area contributed by atoms with Crippen LogP contribution in [-0.2, 0) is 0 Å². The fourth-order valence-electron chi connectivity index (χ4n) is 3.12. The molecule has 3 N–H and O–H groups in total. The zero-order valence-corrected chi connectivity index (χ0v) is 15.8. The first kappa shape index (κ1) is 20.1. The van der Waals surface area contributed by atoms with Gasteiger partial charge in [-0.25, -0.2) is 4.79 Å². The molecule has 0 fully saturated rings. The molecule has 1 aliphatic rings. The highest BCUT2D eigenvalue weighted by molar-refractivity contribution is 5.95. The van der Waals surface area contributed by atoms with Gasteiger partial charge in [-0.2, -0.15) is 0 Å². The lowest BCUT2D eigenvalue weighted by atomic mass is 10.1. The molecule has 0 radical (unpaired) electrons. The summed E-state index contributed by atoms with van der Waals surface area (Å²) in [6, 6.07) is 8.13. The minimum Gasteiger partial charge on any atom is -0.494 e. The van der Waals surface area contributed by atoms with Crippen molar-refractivity contribution in [3.8, 4) is 5.75 Å². The van der Waals surface area contributed by atoms with E-state index in [2.05, 4.69) is 34.3 Å². The Hall–Kier alpha value is -2.24. The van der Waals surface area contributed by atoms with E-state index in [0.29, 0.717) is 13.1 Å². The van der Waals surface area contributed by atoms with Gasteiger partial charge in [0.2, 0.25) is 0 Å². The van der Waals surface area contributed by atoms with Crippen molar-refractivity contribution >= 4 is 11.9 Å². The van der Waals surface area contributed by atoms with Crippen LogP contribution < -0.4 is 15.4 Å². The first-order valence-electron chi connectivity index (χ1n) is 9.76. The maximum atomic E-state index is 10.6. The number of carbonyl (C=O) groups is 1. The number of nitrogens with zero attached hydrogens (tertiary/aromatic N) is 1. The van der Waals surface area contributed by atoms with E-state index in [1.54, 1.807) is 0 Å². The van der Waals surface area contributed by atoms with Crippen molar-refractivity contribution in [2.45, 2.75) is 45.4 Å². The van der Waals surface area contributed by atoms with Crippen LogP contribution in [0.3, 0.4) is 0 Å². The molecule has 0 spiro atoms. The van der Waals surface area contributed by atoms with Crippen LogP contribution >= 0.6 is 0 Å². The minimum atomic E-state index is -0.981. The Labute approximate surface area is 156 Å². The fraction of sp³-hybridized carbons (Fsp3) is 0.600. The Morgan fingerprint density at radius 3 is 2.65 bits per heavy atom. The van der Waals surface area contributed by atoms with Gasteiger partial charge in [-0.3, -0.25) is 9.89 Å². The smallest absolute Gasteiger partial charge is 0.404 e. The Kier molecular flexibility index (Phi) is 8.79. The van der Waals surface area contributed by atoms with E-state index in [1.807, 2.05) is 12.1 Å². The Bertz CT molecular complexity index is 584. The average molecular weight is 362 g/mol. The zero-order chi connectivity index (χ0) is 18.6. The number of amides is 1. The highest BCUT2D eigenvalue weighted by atomic mass is 16.5. The number of ether oxygens (including phenoxy) is 1. The van der Waals surface area contributed by atoms with E-state index in [0.717, 1.165) is 43.3 Å². The molecule has 1 heterocycles. The second kappa shape index (κ2) is 11.4. The molecule has 0 unspecified atom stereocenters. The van der Waals surface area contributed by atoms with E-state index < -0.39 is 6.09 Å². The van der Waals surface area contributed by atoms with Crippen molar-refractivity contribution in [3.05, 3.63) is 29.8 Å². The molecule has 0 saturated heterocycles. The molecule has 0 aromatic heterocycles. The van der Waals surface area contributed by atoms with Gasteiger partial charge in [-0.15, -0.1) is 0 Å². The highest BCUT2D eigenvalue weighted by Gasteiger charge is 2.22. The van der Waals surface area contributed by atoms with Crippen LogP contribution in [0.15, 0.2) is 24.3 Å². The lowest BCUT2D eigenvalue weighted by Crippen LogP contribution is -2.32. The maximum absolute atomic E-state index is 10.6. The zero-order valence-electron chi connectivity index (χ0n) is 15.8. The van der Waals surface area contributed by atoms with Crippen LogP contribution in [0.4, 0.5) is 4.79 Å². The largest absolute Gasteiger partial charge is 0.494 e. The van der Waals surface area contributed by atoms with Gasteiger partial charge in [0.1, 0.15) is 25.4 Å². The molecule has 2 rings (SSSR count). The highest BCUT2D eigenvalue weighted by Crippen LogP contribution is 2.14. The Balaban J connectivity index is 1.77. The average Bonchev–Trinajstić information content (AvgIpc) is 3.10. The number of carboxylic acid groups (broad SMARTS) is 1. The quantitative estimate of drug-likeness (QED) is 0.395.